The van der Waals surface area contributed by atoms with E-state index in [2.05, 4.69) is 0 Å². The smallest absolute Gasteiger partial charge is 0.335 e. The average Bonchev–Trinajstić information content (AvgIpc) is 2.40. The Bertz CT molecular complexity index is 776. The number of aryl methyl sites for hydroxylation is 2. The number of nitrogen functional groups attached to an aromatic ring is 1. The van der Waals surface area contributed by atoms with E-state index in [1.165, 1.54) is 9.13 Å². The van der Waals surface area contributed by atoms with Crippen LogP contribution in [0.1, 0.15) is 22.4 Å². The van der Waals surface area contributed by atoms with Crippen LogP contribution in [0.2, 0.25) is 0 Å². The van der Waals surface area contributed by atoms with Crippen molar-refractivity contribution in [3.8, 4) is 5.69 Å². The SMILES string of the molecule is Cc1cc(C)c(-n2c(=O)c(C)c(C)n(C)c2=O)cc1N. The number of aromatic nitrogens is 2. The third-order valence-electron chi connectivity index (χ3n) is 3.87. The lowest BCUT2D eigenvalue weighted by Crippen LogP contribution is -2.40. The second kappa shape index (κ2) is 4.67. The molecule has 0 spiro atoms. The molecule has 1 aromatic carbocycles. The minimum absolute atomic E-state index is 0.294. The third-order valence-corrected chi connectivity index (χ3v) is 3.87. The number of hydrogen-bond acceptors (Lipinski definition) is 3. The maximum atomic E-state index is 12.4. The molecule has 0 aliphatic heterocycles. The Morgan fingerprint density at radius 3 is 2.20 bits per heavy atom. The van der Waals surface area contributed by atoms with E-state index in [0.29, 0.717) is 22.6 Å². The molecule has 2 rings (SSSR count). The highest BCUT2D eigenvalue weighted by Gasteiger charge is 2.15. The zero-order valence-electron chi connectivity index (χ0n) is 12.4. The molecule has 1 heterocycles. The van der Waals surface area contributed by atoms with Crippen molar-refractivity contribution >= 4 is 5.69 Å². The second-order valence-corrected chi connectivity index (χ2v) is 5.19. The normalized spacial score (nSPS) is 10.8. The first-order chi connectivity index (χ1) is 9.25. The highest BCUT2D eigenvalue weighted by atomic mass is 16.2. The van der Waals surface area contributed by atoms with Crippen molar-refractivity contribution in [2.75, 3.05) is 5.73 Å². The largest absolute Gasteiger partial charge is 0.398 e. The molecule has 0 fully saturated rings. The molecule has 0 atom stereocenters. The topological polar surface area (TPSA) is 70.0 Å². The minimum atomic E-state index is -0.357. The summed E-state index contributed by atoms with van der Waals surface area (Å²) in [6, 6.07) is 3.56. The van der Waals surface area contributed by atoms with E-state index < -0.39 is 0 Å². The number of rotatable bonds is 1. The fourth-order valence-electron chi connectivity index (χ4n) is 2.26. The van der Waals surface area contributed by atoms with Gasteiger partial charge in [0, 0.05) is 24.0 Å². The van der Waals surface area contributed by atoms with Gasteiger partial charge in [0.1, 0.15) is 0 Å². The van der Waals surface area contributed by atoms with Crippen LogP contribution in [-0.2, 0) is 7.05 Å². The molecule has 0 unspecified atom stereocenters. The molecule has 2 aromatic rings. The number of benzene rings is 1. The van der Waals surface area contributed by atoms with Crippen molar-refractivity contribution in [2.45, 2.75) is 27.7 Å². The Morgan fingerprint density at radius 2 is 1.60 bits per heavy atom. The van der Waals surface area contributed by atoms with Crippen LogP contribution in [0.5, 0.6) is 0 Å². The zero-order chi connectivity index (χ0) is 15.2. The van der Waals surface area contributed by atoms with Crippen LogP contribution in [0.3, 0.4) is 0 Å². The van der Waals surface area contributed by atoms with Gasteiger partial charge in [-0.1, -0.05) is 6.07 Å². The Balaban J connectivity index is 2.95. The first-order valence-electron chi connectivity index (χ1n) is 6.42. The Labute approximate surface area is 117 Å². The summed E-state index contributed by atoms with van der Waals surface area (Å²) in [6.07, 6.45) is 0. The van der Waals surface area contributed by atoms with Gasteiger partial charge in [-0.2, -0.15) is 0 Å². The third kappa shape index (κ3) is 1.95. The maximum Gasteiger partial charge on any atom is 0.335 e. The van der Waals surface area contributed by atoms with Crippen LogP contribution in [-0.4, -0.2) is 9.13 Å². The van der Waals surface area contributed by atoms with E-state index in [-0.39, 0.29) is 11.2 Å². The molecule has 0 aliphatic carbocycles. The zero-order valence-corrected chi connectivity index (χ0v) is 12.4. The Hall–Kier alpha value is -2.30. The monoisotopic (exact) mass is 273 g/mol. The van der Waals surface area contributed by atoms with Crippen LogP contribution in [0, 0.1) is 27.7 Å². The van der Waals surface area contributed by atoms with Gasteiger partial charge in [0.2, 0.25) is 0 Å². The number of anilines is 1. The van der Waals surface area contributed by atoms with E-state index in [1.54, 1.807) is 27.0 Å². The summed E-state index contributed by atoms with van der Waals surface area (Å²) in [6.45, 7) is 7.25. The number of hydrogen-bond donors (Lipinski definition) is 1. The Kier molecular flexibility index (Phi) is 3.29. The molecule has 1 aromatic heterocycles. The molecular formula is C15H19N3O2. The molecule has 0 radical (unpaired) electrons. The average molecular weight is 273 g/mol. The lowest BCUT2D eigenvalue weighted by Gasteiger charge is -2.15. The molecule has 20 heavy (non-hydrogen) atoms. The van der Waals surface area contributed by atoms with Crippen LogP contribution in [0.15, 0.2) is 21.7 Å². The Morgan fingerprint density at radius 1 is 1.00 bits per heavy atom. The number of nitrogens with zero attached hydrogens (tertiary/aromatic N) is 2. The summed E-state index contributed by atoms with van der Waals surface area (Å²) in [5.41, 5.74) is 9.38. The first kappa shape index (κ1) is 14.1. The fourth-order valence-corrected chi connectivity index (χ4v) is 2.26. The lowest BCUT2D eigenvalue weighted by atomic mass is 10.1. The minimum Gasteiger partial charge on any atom is -0.398 e. The highest BCUT2D eigenvalue weighted by molar-refractivity contribution is 5.57. The van der Waals surface area contributed by atoms with E-state index in [4.69, 9.17) is 5.73 Å². The quantitative estimate of drug-likeness (QED) is 0.797. The summed E-state index contributed by atoms with van der Waals surface area (Å²) >= 11 is 0. The van der Waals surface area contributed by atoms with Crippen molar-refractivity contribution in [1.29, 1.82) is 0 Å². The molecule has 0 amide bonds. The van der Waals surface area contributed by atoms with Crippen LogP contribution in [0.4, 0.5) is 5.69 Å². The molecule has 0 bridgehead atoms. The molecule has 5 heteroatoms. The van der Waals surface area contributed by atoms with Gasteiger partial charge in [0.15, 0.2) is 0 Å². The van der Waals surface area contributed by atoms with Gasteiger partial charge in [-0.25, -0.2) is 9.36 Å². The van der Waals surface area contributed by atoms with Crippen molar-refractivity contribution in [1.82, 2.24) is 9.13 Å². The second-order valence-electron chi connectivity index (χ2n) is 5.19. The highest BCUT2D eigenvalue weighted by Crippen LogP contribution is 2.19. The van der Waals surface area contributed by atoms with Crippen LogP contribution < -0.4 is 17.0 Å². The van der Waals surface area contributed by atoms with Gasteiger partial charge in [-0.05, 0) is 44.9 Å². The van der Waals surface area contributed by atoms with E-state index in [0.717, 1.165) is 11.1 Å². The molecule has 0 aliphatic rings. The maximum absolute atomic E-state index is 12.4. The summed E-state index contributed by atoms with van der Waals surface area (Å²) in [4.78, 5) is 24.8. The van der Waals surface area contributed by atoms with Crippen molar-refractivity contribution in [2.24, 2.45) is 7.05 Å². The van der Waals surface area contributed by atoms with Crippen molar-refractivity contribution in [3.63, 3.8) is 0 Å². The predicted molar refractivity (Wildman–Crippen MR) is 80.6 cm³/mol. The summed E-state index contributed by atoms with van der Waals surface area (Å²) < 4.78 is 2.67. The van der Waals surface area contributed by atoms with Crippen LogP contribution >= 0.6 is 0 Å². The lowest BCUT2D eigenvalue weighted by molar-refractivity contribution is 0.700. The van der Waals surface area contributed by atoms with E-state index in [1.807, 2.05) is 19.9 Å². The van der Waals surface area contributed by atoms with Gasteiger partial charge < -0.3 is 10.3 Å². The molecule has 0 saturated heterocycles. The molecule has 0 saturated carbocycles. The predicted octanol–water partition coefficient (Wildman–Crippen LogP) is 1.35. The van der Waals surface area contributed by atoms with Gasteiger partial charge in [0.05, 0.1) is 5.69 Å². The number of nitrogens with two attached hydrogens (primary N) is 1. The van der Waals surface area contributed by atoms with Crippen LogP contribution in [0.25, 0.3) is 5.69 Å². The molecule has 5 nitrogen and oxygen atoms in total. The summed E-state index contributed by atoms with van der Waals surface area (Å²) in [5.74, 6) is 0. The molecule has 106 valence electrons. The first-order valence-corrected chi connectivity index (χ1v) is 6.42. The fraction of sp³-hybridized carbons (Fsp3) is 0.333. The van der Waals surface area contributed by atoms with Crippen molar-refractivity contribution in [3.05, 3.63) is 55.4 Å². The molecular weight excluding hydrogens is 254 g/mol. The standard InChI is InChI=1S/C15H19N3O2/c1-8-6-9(2)13(7-12(8)16)18-14(19)10(3)11(4)17(5)15(18)20/h6-7H,16H2,1-5H3. The van der Waals surface area contributed by atoms with Gasteiger partial charge >= 0.3 is 5.69 Å². The van der Waals surface area contributed by atoms with Gasteiger partial charge in [0.25, 0.3) is 5.56 Å². The summed E-state index contributed by atoms with van der Waals surface area (Å²) in [7, 11) is 1.66. The molecule has 2 N–H and O–H groups in total. The van der Waals surface area contributed by atoms with Gasteiger partial charge in [-0.15, -0.1) is 0 Å². The van der Waals surface area contributed by atoms with E-state index >= 15 is 0 Å². The van der Waals surface area contributed by atoms with Crippen molar-refractivity contribution < 1.29 is 0 Å². The van der Waals surface area contributed by atoms with E-state index in [9.17, 15) is 9.59 Å². The summed E-state index contributed by atoms with van der Waals surface area (Å²) in [5, 5.41) is 0. The van der Waals surface area contributed by atoms with Gasteiger partial charge in [-0.3, -0.25) is 4.79 Å².